The second kappa shape index (κ2) is 11.2. The molecule has 1 aromatic rings. The van der Waals surface area contributed by atoms with Gasteiger partial charge in [0, 0.05) is 38.8 Å². The predicted molar refractivity (Wildman–Crippen MR) is 103 cm³/mol. The zero-order valence-corrected chi connectivity index (χ0v) is 16.0. The number of guanidine groups is 1. The topological polar surface area (TPSA) is 69.6 Å². The predicted octanol–water partition coefficient (Wildman–Crippen LogP) is 1.77. The summed E-state index contributed by atoms with van der Waals surface area (Å²) in [6.45, 7) is 5.95. The Hall–Kier alpha value is -1.38. The van der Waals surface area contributed by atoms with Crippen molar-refractivity contribution in [3.63, 3.8) is 0 Å². The Kier molecular flexibility index (Phi) is 9.58. The van der Waals surface area contributed by atoms with E-state index in [1.54, 1.807) is 6.20 Å². The third kappa shape index (κ3) is 7.15. The van der Waals surface area contributed by atoms with Crippen molar-refractivity contribution in [1.82, 2.24) is 20.5 Å². The second-order valence-electron chi connectivity index (χ2n) is 5.28. The number of pyridine rings is 1. The van der Waals surface area contributed by atoms with Crippen LogP contribution in [0, 0.1) is 0 Å². The Morgan fingerprint density at radius 1 is 1.39 bits per heavy atom. The zero-order valence-electron chi connectivity index (χ0n) is 13.6. The number of likely N-dealkylation sites (tertiary alicyclic amines) is 1. The van der Waals surface area contributed by atoms with E-state index in [2.05, 4.69) is 20.6 Å². The van der Waals surface area contributed by atoms with Gasteiger partial charge in [-0.2, -0.15) is 0 Å². The zero-order chi connectivity index (χ0) is 15.6. The number of nitrogens with one attached hydrogen (secondary N) is 2. The summed E-state index contributed by atoms with van der Waals surface area (Å²) in [5.74, 6) is 1.08. The Balaban J connectivity index is 0.00000264. The molecule has 1 aromatic heterocycles. The molecule has 1 fully saturated rings. The van der Waals surface area contributed by atoms with Gasteiger partial charge in [0.1, 0.15) is 0 Å². The number of carbonyl (C=O) groups is 1. The molecule has 0 saturated carbocycles. The maximum absolute atomic E-state index is 11.5. The molecule has 2 N–H and O–H groups in total. The van der Waals surface area contributed by atoms with Crippen LogP contribution in [-0.2, 0) is 11.3 Å². The Labute approximate surface area is 155 Å². The first-order chi connectivity index (χ1) is 10.8. The van der Waals surface area contributed by atoms with Gasteiger partial charge in [-0.05, 0) is 31.9 Å². The van der Waals surface area contributed by atoms with Gasteiger partial charge in [-0.1, -0.05) is 6.07 Å². The molecule has 23 heavy (non-hydrogen) atoms. The summed E-state index contributed by atoms with van der Waals surface area (Å²) in [6, 6.07) is 5.83. The smallest absolute Gasteiger partial charge is 0.222 e. The lowest BCUT2D eigenvalue weighted by Crippen LogP contribution is -2.39. The van der Waals surface area contributed by atoms with Gasteiger partial charge in [0.2, 0.25) is 5.91 Å². The quantitative estimate of drug-likeness (QED) is 0.299. The summed E-state index contributed by atoms with van der Waals surface area (Å²) in [4.78, 5) is 22.3. The van der Waals surface area contributed by atoms with Crippen LogP contribution in [0.4, 0.5) is 0 Å². The lowest BCUT2D eigenvalue weighted by molar-refractivity contribution is -0.127. The SMILES string of the molecule is CCNC(=NCc1ccccn1)NCCCN1CCCC1=O.I. The lowest BCUT2D eigenvalue weighted by atomic mass is 10.3. The molecule has 0 bridgehead atoms. The number of halogens is 1. The molecule has 6 nitrogen and oxygen atoms in total. The maximum atomic E-state index is 11.5. The second-order valence-corrected chi connectivity index (χ2v) is 5.28. The van der Waals surface area contributed by atoms with E-state index in [1.165, 1.54) is 0 Å². The van der Waals surface area contributed by atoms with Crippen molar-refractivity contribution in [3.05, 3.63) is 30.1 Å². The first-order valence-electron chi connectivity index (χ1n) is 7.99. The number of aliphatic imine (C=N–C) groups is 1. The third-order valence-corrected chi connectivity index (χ3v) is 3.54. The summed E-state index contributed by atoms with van der Waals surface area (Å²) in [5, 5.41) is 6.52. The number of nitrogens with zero attached hydrogens (tertiary/aromatic N) is 3. The van der Waals surface area contributed by atoms with Gasteiger partial charge in [-0.15, -0.1) is 24.0 Å². The maximum Gasteiger partial charge on any atom is 0.222 e. The van der Waals surface area contributed by atoms with Gasteiger partial charge >= 0.3 is 0 Å². The average molecular weight is 431 g/mol. The largest absolute Gasteiger partial charge is 0.357 e. The van der Waals surface area contributed by atoms with E-state index < -0.39 is 0 Å². The van der Waals surface area contributed by atoms with E-state index in [9.17, 15) is 4.79 Å². The highest BCUT2D eigenvalue weighted by atomic mass is 127. The monoisotopic (exact) mass is 431 g/mol. The van der Waals surface area contributed by atoms with Crippen LogP contribution >= 0.6 is 24.0 Å². The number of hydrogen-bond acceptors (Lipinski definition) is 3. The van der Waals surface area contributed by atoms with E-state index in [-0.39, 0.29) is 29.9 Å². The minimum atomic E-state index is 0. The molecular formula is C16H26IN5O. The summed E-state index contributed by atoms with van der Waals surface area (Å²) >= 11 is 0. The van der Waals surface area contributed by atoms with Crippen LogP contribution in [0.5, 0.6) is 0 Å². The molecule has 0 atom stereocenters. The van der Waals surface area contributed by atoms with Crippen molar-refractivity contribution >= 4 is 35.8 Å². The fraction of sp³-hybridized carbons (Fsp3) is 0.562. The van der Waals surface area contributed by atoms with Crippen LogP contribution in [0.3, 0.4) is 0 Å². The van der Waals surface area contributed by atoms with E-state index in [0.29, 0.717) is 13.0 Å². The number of amides is 1. The highest BCUT2D eigenvalue weighted by molar-refractivity contribution is 14.0. The highest BCUT2D eigenvalue weighted by Gasteiger charge is 2.18. The molecule has 0 spiro atoms. The molecular weight excluding hydrogens is 405 g/mol. The summed E-state index contributed by atoms with van der Waals surface area (Å²) in [7, 11) is 0. The molecule has 1 aliphatic heterocycles. The number of hydrogen-bond donors (Lipinski definition) is 2. The standard InChI is InChI=1S/C16H25N5O.HI/c1-2-17-16(20-13-14-7-3-4-9-18-14)19-10-6-12-21-11-5-8-15(21)22;/h3-4,7,9H,2,5-6,8,10-13H2,1H3,(H2,17,19,20);1H. The van der Waals surface area contributed by atoms with E-state index in [1.807, 2.05) is 30.0 Å². The Morgan fingerprint density at radius 2 is 2.26 bits per heavy atom. The minimum Gasteiger partial charge on any atom is -0.357 e. The molecule has 0 unspecified atom stereocenters. The first-order valence-corrected chi connectivity index (χ1v) is 7.99. The summed E-state index contributed by atoms with van der Waals surface area (Å²) < 4.78 is 0. The Morgan fingerprint density at radius 3 is 2.91 bits per heavy atom. The lowest BCUT2D eigenvalue weighted by Gasteiger charge is -2.16. The van der Waals surface area contributed by atoms with Crippen molar-refractivity contribution in [1.29, 1.82) is 0 Å². The van der Waals surface area contributed by atoms with Crippen molar-refractivity contribution in [2.75, 3.05) is 26.2 Å². The average Bonchev–Trinajstić information content (AvgIpc) is 2.95. The van der Waals surface area contributed by atoms with Crippen LogP contribution in [0.1, 0.15) is 31.9 Å². The van der Waals surface area contributed by atoms with E-state index in [0.717, 1.165) is 50.7 Å². The fourth-order valence-electron chi connectivity index (χ4n) is 2.41. The van der Waals surface area contributed by atoms with Gasteiger partial charge in [0.15, 0.2) is 5.96 Å². The summed E-state index contributed by atoms with van der Waals surface area (Å²) in [5.41, 5.74) is 0.947. The fourth-order valence-corrected chi connectivity index (χ4v) is 2.41. The van der Waals surface area contributed by atoms with Crippen LogP contribution in [0.15, 0.2) is 29.4 Å². The highest BCUT2D eigenvalue weighted by Crippen LogP contribution is 2.09. The normalized spacial score (nSPS) is 14.6. The molecule has 0 aliphatic carbocycles. The van der Waals surface area contributed by atoms with Crippen LogP contribution in [0.25, 0.3) is 0 Å². The third-order valence-electron chi connectivity index (χ3n) is 3.54. The van der Waals surface area contributed by atoms with E-state index >= 15 is 0 Å². The first kappa shape index (κ1) is 19.7. The van der Waals surface area contributed by atoms with Crippen molar-refractivity contribution in [2.24, 2.45) is 4.99 Å². The van der Waals surface area contributed by atoms with E-state index in [4.69, 9.17) is 0 Å². The number of rotatable bonds is 7. The van der Waals surface area contributed by atoms with Gasteiger partial charge in [0.25, 0.3) is 0 Å². The molecule has 1 aliphatic rings. The minimum absolute atomic E-state index is 0. The van der Waals surface area contributed by atoms with Crippen molar-refractivity contribution in [2.45, 2.75) is 32.7 Å². The molecule has 7 heteroatoms. The van der Waals surface area contributed by atoms with Crippen LogP contribution < -0.4 is 10.6 Å². The van der Waals surface area contributed by atoms with Gasteiger partial charge < -0.3 is 15.5 Å². The number of aromatic nitrogens is 1. The van der Waals surface area contributed by atoms with Gasteiger partial charge in [-0.3, -0.25) is 9.78 Å². The van der Waals surface area contributed by atoms with Crippen LogP contribution in [0.2, 0.25) is 0 Å². The molecule has 128 valence electrons. The Bertz CT molecular complexity index is 495. The summed E-state index contributed by atoms with van der Waals surface area (Å²) in [6.07, 6.45) is 4.42. The van der Waals surface area contributed by atoms with Crippen molar-refractivity contribution < 1.29 is 4.79 Å². The number of carbonyl (C=O) groups excluding carboxylic acids is 1. The molecule has 2 rings (SSSR count). The van der Waals surface area contributed by atoms with Gasteiger partial charge in [0.05, 0.1) is 12.2 Å². The van der Waals surface area contributed by atoms with Crippen LogP contribution in [-0.4, -0.2) is 47.9 Å². The molecule has 2 heterocycles. The molecule has 0 radical (unpaired) electrons. The van der Waals surface area contributed by atoms with Crippen molar-refractivity contribution in [3.8, 4) is 0 Å². The molecule has 1 amide bonds. The molecule has 0 aromatic carbocycles. The van der Waals surface area contributed by atoms with Gasteiger partial charge in [-0.25, -0.2) is 4.99 Å². The molecule has 1 saturated heterocycles.